The Bertz CT molecular complexity index is 973. The van der Waals surface area contributed by atoms with Gasteiger partial charge in [-0.2, -0.15) is 19.6 Å². The smallest absolute Gasteiger partial charge is 0.198 e. The van der Waals surface area contributed by atoms with Crippen LogP contribution in [0.3, 0.4) is 0 Å². The van der Waals surface area contributed by atoms with Crippen molar-refractivity contribution in [2.24, 2.45) is 0 Å². The Morgan fingerprint density at radius 3 is 2.67 bits per heavy atom. The SMILES string of the molecule is Clc1nc2ncnn2c(Cl)c1-c1cccc2ccccc12. The minimum absolute atomic E-state index is 0.317. The first-order chi connectivity index (χ1) is 10.3. The molecule has 0 bridgehead atoms. The van der Waals surface area contributed by atoms with Gasteiger partial charge in [-0.05, 0) is 16.3 Å². The van der Waals surface area contributed by atoms with Crippen LogP contribution in [0.2, 0.25) is 10.3 Å². The van der Waals surface area contributed by atoms with Gasteiger partial charge in [0, 0.05) is 0 Å². The minimum atomic E-state index is 0.317. The van der Waals surface area contributed by atoms with Crippen molar-refractivity contribution < 1.29 is 0 Å². The number of nitrogens with zero attached hydrogens (tertiary/aromatic N) is 4. The Kier molecular flexibility index (Phi) is 2.80. The molecule has 0 saturated heterocycles. The first-order valence-electron chi connectivity index (χ1n) is 6.28. The van der Waals surface area contributed by atoms with Crippen LogP contribution < -0.4 is 0 Å². The number of halogens is 2. The van der Waals surface area contributed by atoms with Gasteiger partial charge >= 0.3 is 0 Å². The first-order valence-corrected chi connectivity index (χ1v) is 7.04. The Morgan fingerprint density at radius 1 is 0.952 bits per heavy atom. The van der Waals surface area contributed by atoms with Crippen molar-refractivity contribution in [2.75, 3.05) is 0 Å². The third-order valence-electron chi connectivity index (χ3n) is 3.39. The normalized spacial score (nSPS) is 11.3. The molecule has 4 aromatic rings. The molecule has 0 unspecified atom stereocenters. The Hall–Kier alpha value is -2.17. The van der Waals surface area contributed by atoms with Crippen molar-refractivity contribution in [2.45, 2.75) is 0 Å². The third-order valence-corrected chi connectivity index (χ3v) is 4.01. The van der Waals surface area contributed by atoms with Crippen LogP contribution in [0.5, 0.6) is 0 Å². The lowest BCUT2D eigenvalue weighted by atomic mass is 10.0. The second kappa shape index (κ2) is 4.69. The summed E-state index contributed by atoms with van der Waals surface area (Å²) >= 11 is 12.8. The Morgan fingerprint density at radius 2 is 1.76 bits per heavy atom. The molecule has 0 atom stereocenters. The van der Waals surface area contributed by atoms with Crippen LogP contribution in [-0.4, -0.2) is 19.6 Å². The van der Waals surface area contributed by atoms with Crippen LogP contribution in [0.25, 0.3) is 27.7 Å². The van der Waals surface area contributed by atoms with Crippen LogP contribution in [0.4, 0.5) is 0 Å². The molecule has 0 amide bonds. The molecule has 102 valence electrons. The quantitative estimate of drug-likeness (QED) is 0.493. The summed E-state index contributed by atoms with van der Waals surface area (Å²) < 4.78 is 1.48. The maximum Gasteiger partial charge on any atom is 0.255 e. The van der Waals surface area contributed by atoms with Gasteiger partial charge in [-0.3, -0.25) is 0 Å². The number of benzene rings is 2. The van der Waals surface area contributed by atoms with Crippen molar-refractivity contribution in [1.29, 1.82) is 0 Å². The van der Waals surface area contributed by atoms with E-state index in [2.05, 4.69) is 15.1 Å². The van der Waals surface area contributed by atoms with Crippen molar-refractivity contribution in [1.82, 2.24) is 19.6 Å². The van der Waals surface area contributed by atoms with E-state index >= 15 is 0 Å². The standard InChI is InChI=1S/C15H8Cl2N4/c16-13-12(14(17)21-15(20-13)18-8-19-21)11-7-3-5-9-4-1-2-6-10(9)11/h1-8H. The van der Waals surface area contributed by atoms with Gasteiger partial charge in [0.2, 0.25) is 0 Å². The summed E-state index contributed by atoms with van der Waals surface area (Å²) in [5.74, 6) is 0.383. The lowest BCUT2D eigenvalue weighted by Gasteiger charge is -2.10. The van der Waals surface area contributed by atoms with E-state index in [1.807, 2.05) is 42.5 Å². The Labute approximate surface area is 130 Å². The van der Waals surface area contributed by atoms with E-state index in [0.717, 1.165) is 16.3 Å². The molecule has 0 radical (unpaired) electrons. The third kappa shape index (κ3) is 1.87. The number of rotatable bonds is 1. The van der Waals surface area contributed by atoms with Crippen LogP contribution in [-0.2, 0) is 0 Å². The molecule has 0 aliphatic rings. The summed E-state index contributed by atoms with van der Waals surface area (Å²) in [6.45, 7) is 0. The summed E-state index contributed by atoms with van der Waals surface area (Å²) in [6.07, 6.45) is 1.40. The fourth-order valence-corrected chi connectivity index (χ4v) is 3.08. The fraction of sp³-hybridized carbons (Fsp3) is 0. The molecule has 0 fully saturated rings. The predicted octanol–water partition coefficient (Wildman–Crippen LogP) is 4.25. The second-order valence-electron chi connectivity index (χ2n) is 4.57. The maximum atomic E-state index is 6.46. The lowest BCUT2D eigenvalue weighted by molar-refractivity contribution is 0.942. The van der Waals surface area contributed by atoms with E-state index in [1.165, 1.54) is 10.8 Å². The predicted molar refractivity (Wildman–Crippen MR) is 83.7 cm³/mol. The molecular weight excluding hydrogens is 307 g/mol. The highest BCUT2D eigenvalue weighted by molar-refractivity contribution is 6.38. The molecule has 2 aromatic heterocycles. The van der Waals surface area contributed by atoms with Gasteiger partial charge in [-0.1, -0.05) is 65.7 Å². The van der Waals surface area contributed by atoms with Gasteiger partial charge < -0.3 is 0 Å². The van der Waals surface area contributed by atoms with E-state index < -0.39 is 0 Å². The van der Waals surface area contributed by atoms with Gasteiger partial charge in [0.25, 0.3) is 5.78 Å². The summed E-state index contributed by atoms with van der Waals surface area (Å²) in [5.41, 5.74) is 1.58. The second-order valence-corrected chi connectivity index (χ2v) is 5.28. The monoisotopic (exact) mass is 314 g/mol. The van der Waals surface area contributed by atoms with Crippen LogP contribution >= 0.6 is 23.2 Å². The zero-order valence-electron chi connectivity index (χ0n) is 10.7. The molecule has 0 spiro atoms. The maximum absolute atomic E-state index is 6.46. The average Bonchev–Trinajstić information content (AvgIpc) is 2.96. The molecule has 4 rings (SSSR count). The molecule has 21 heavy (non-hydrogen) atoms. The zero-order valence-corrected chi connectivity index (χ0v) is 12.2. The topological polar surface area (TPSA) is 43.1 Å². The summed E-state index contributed by atoms with van der Waals surface area (Å²) in [6, 6.07) is 14.0. The molecule has 6 heteroatoms. The highest BCUT2D eigenvalue weighted by atomic mass is 35.5. The largest absolute Gasteiger partial charge is 0.255 e. The van der Waals surface area contributed by atoms with E-state index in [4.69, 9.17) is 23.2 Å². The summed E-state index contributed by atoms with van der Waals surface area (Å²) in [7, 11) is 0. The summed E-state index contributed by atoms with van der Waals surface area (Å²) in [5, 5.41) is 6.97. The minimum Gasteiger partial charge on any atom is -0.198 e. The number of hydrogen-bond acceptors (Lipinski definition) is 3. The van der Waals surface area contributed by atoms with Gasteiger partial charge in [0.15, 0.2) is 0 Å². The van der Waals surface area contributed by atoms with Gasteiger partial charge in [-0.15, -0.1) is 0 Å². The first kappa shape index (κ1) is 12.6. The van der Waals surface area contributed by atoms with E-state index in [9.17, 15) is 0 Å². The fourth-order valence-electron chi connectivity index (χ4n) is 2.45. The molecule has 0 saturated carbocycles. The molecular formula is C15H8Cl2N4. The van der Waals surface area contributed by atoms with Gasteiger partial charge in [0.05, 0.1) is 5.56 Å². The van der Waals surface area contributed by atoms with E-state index in [0.29, 0.717) is 21.6 Å². The molecule has 0 aliphatic carbocycles. The summed E-state index contributed by atoms with van der Waals surface area (Å²) in [4.78, 5) is 8.26. The highest BCUT2D eigenvalue weighted by Crippen LogP contribution is 2.37. The van der Waals surface area contributed by atoms with Crippen molar-refractivity contribution in [3.05, 3.63) is 59.1 Å². The number of fused-ring (bicyclic) bond motifs is 2. The van der Waals surface area contributed by atoms with Crippen LogP contribution in [0, 0.1) is 0 Å². The van der Waals surface area contributed by atoms with Crippen molar-refractivity contribution in [3.63, 3.8) is 0 Å². The van der Waals surface area contributed by atoms with Gasteiger partial charge in [0.1, 0.15) is 16.6 Å². The Balaban J connectivity index is 2.13. The molecule has 0 aliphatic heterocycles. The van der Waals surface area contributed by atoms with Crippen LogP contribution in [0.15, 0.2) is 48.8 Å². The molecule has 4 nitrogen and oxygen atoms in total. The highest BCUT2D eigenvalue weighted by Gasteiger charge is 2.17. The van der Waals surface area contributed by atoms with E-state index in [1.54, 1.807) is 0 Å². The molecule has 0 N–H and O–H groups in total. The number of aromatic nitrogens is 4. The number of hydrogen-bond donors (Lipinski definition) is 0. The average molecular weight is 315 g/mol. The zero-order chi connectivity index (χ0) is 14.4. The van der Waals surface area contributed by atoms with Crippen LogP contribution in [0.1, 0.15) is 0 Å². The molecule has 2 heterocycles. The van der Waals surface area contributed by atoms with E-state index in [-0.39, 0.29) is 0 Å². The van der Waals surface area contributed by atoms with Crippen molar-refractivity contribution in [3.8, 4) is 11.1 Å². The lowest BCUT2D eigenvalue weighted by Crippen LogP contribution is -1.97. The van der Waals surface area contributed by atoms with Crippen molar-refractivity contribution >= 4 is 39.8 Å². The molecule has 2 aromatic carbocycles. The van der Waals surface area contributed by atoms with Gasteiger partial charge in [-0.25, -0.2) is 0 Å².